The summed E-state index contributed by atoms with van der Waals surface area (Å²) in [5.41, 5.74) is -2.45. The van der Waals surface area contributed by atoms with Crippen LogP contribution in [0.15, 0.2) is 36.5 Å². The SMILES string of the molecule is O=C(CC(=O)C12CC(N3CCOCC3)(C1)C2)c1cnc(N2C(=O)c3ccccc3C2=O)c(C(F)(F)F)c1.O=C(O)C(F)(F)F. The number of imide groups is 1. The number of Topliss-reactive ketones (excluding diaryl/α,β-unsaturated/α-hetero) is 2. The van der Waals surface area contributed by atoms with E-state index < -0.39 is 64.7 Å². The van der Waals surface area contributed by atoms with Crippen LogP contribution in [0.2, 0.25) is 0 Å². The highest BCUT2D eigenvalue weighted by Crippen LogP contribution is 2.70. The molecular weight excluding hydrogens is 604 g/mol. The standard InChI is InChI=1S/C26H22F3N3O5.C2HF3O2/c27-26(28,29)18-9-15(11-30-21(18)32-22(35)16-3-1-2-4-17(16)23(32)36)19(33)10-20(34)24-12-25(13-24,14-24)31-5-7-37-8-6-31;3-2(4,5)1(6)7/h1-4,9,11H,5-8,10,12-14H2;(H,6,7). The number of anilines is 1. The number of fused-ring (bicyclic) bond motifs is 1. The molecule has 10 nitrogen and oxygen atoms in total. The lowest BCUT2D eigenvalue weighted by molar-refractivity contribution is -0.226. The van der Waals surface area contributed by atoms with Gasteiger partial charge in [0.15, 0.2) is 11.6 Å². The number of carbonyl (C=O) groups is 5. The minimum atomic E-state index is -5.08. The molecule has 1 N–H and O–H groups in total. The largest absolute Gasteiger partial charge is 0.490 e. The van der Waals surface area contributed by atoms with E-state index in [0.29, 0.717) is 43.4 Å². The molecule has 7 rings (SSSR count). The van der Waals surface area contributed by atoms with E-state index in [-0.39, 0.29) is 22.4 Å². The first-order valence-corrected chi connectivity index (χ1v) is 13.2. The molecule has 0 atom stereocenters. The lowest BCUT2D eigenvalue weighted by atomic mass is 9.37. The quantitative estimate of drug-likeness (QED) is 0.219. The van der Waals surface area contributed by atoms with Crippen molar-refractivity contribution in [3.63, 3.8) is 0 Å². The fourth-order valence-corrected chi connectivity index (χ4v) is 6.22. The van der Waals surface area contributed by atoms with Crippen molar-refractivity contribution in [3.05, 3.63) is 58.8 Å². The lowest BCUT2D eigenvalue weighted by Gasteiger charge is -2.73. The van der Waals surface area contributed by atoms with Crippen LogP contribution in [0.5, 0.6) is 0 Å². The molecule has 3 aliphatic carbocycles. The van der Waals surface area contributed by atoms with Gasteiger partial charge in [0.1, 0.15) is 5.78 Å². The zero-order valence-corrected chi connectivity index (χ0v) is 22.6. The van der Waals surface area contributed by atoms with Gasteiger partial charge in [-0.05, 0) is 37.5 Å². The van der Waals surface area contributed by atoms with Crippen LogP contribution < -0.4 is 4.90 Å². The van der Waals surface area contributed by atoms with E-state index in [1.54, 1.807) is 0 Å². The second-order valence-corrected chi connectivity index (χ2v) is 11.0. The molecule has 0 spiro atoms. The fraction of sp³-hybridized carbons (Fsp3) is 0.429. The average Bonchev–Trinajstić information content (AvgIpc) is 3.16. The molecular formula is C28H23F6N3O7. The van der Waals surface area contributed by atoms with Crippen LogP contribution in [0.25, 0.3) is 0 Å². The Kier molecular flexibility index (Phi) is 7.65. The van der Waals surface area contributed by atoms with E-state index in [4.69, 9.17) is 14.6 Å². The van der Waals surface area contributed by atoms with E-state index in [2.05, 4.69) is 9.88 Å². The van der Waals surface area contributed by atoms with Crippen LogP contribution in [0.3, 0.4) is 0 Å². The average molecular weight is 627 g/mol. The molecule has 234 valence electrons. The molecule has 0 radical (unpaired) electrons. The highest BCUT2D eigenvalue weighted by atomic mass is 19.4. The number of rotatable bonds is 6. The Labute approximate surface area is 244 Å². The number of morpholine rings is 1. The van der Waals surface area contributed by atoms with Crippen molar-refractivity contribution in [2.45, 2.75) is 43.6 Å². The monoisotopic (exact) mass is 627 g/mol. The minimum absolute atomic E-state index is 0.0263. The Morgan fingerprint density at radius 1 is 0.932 bits per heavy atom. The van der Waals surface area contributed by atoms with Crippen molar-refractivity contribution < 1.29 is 60.2 Å². The molecule has 16 heteroatoms. The Bertz CT molecular complexity index is 1510. The first-order chi connectivity index (χ1) is 20.5. The smallest absolute Gasteiger partial charge is 0.475 e. The molecule has 5 aliphatic rings. The number of nitrogens with zero attached hydrogens (tertiary/aromatic N) is 3. The number of alkyl halides is 6. The number of halogens is 6. The van der Waals surface area contributed by atoms with Crippen molar-refractivity contribution in [3.8, 4) is 0 Å². The highest BCUT2D eigenvalue weighted by Gasteiger charge is 2.72. The van der Waals surface area contributed by atoms with Crippen molar-refractivity contribution >= 4 is 35.2 Å². The predicted octanol–water partition coefficient (Wildman–Crippen LogP) is 3.93. The minimum Gasteiger partial charge on any atom is -0.475 e. The predicted molar refractivity (Wildman–Crippen MR) is 136 cm³/mol. The van der Waals surface area contributed by atoms with Crippen molar-refractivity contribution in [1.82, 2.24) is 9.88 Å². The van der Waals surface area contributed by atoms with Gasteiger partial charge in [-0.1, -0.05) is 12.1 Å². The van der Waals surface area contributed by atoms with Gasteiger partial charge in [0.05, 0.1) is 36.3 Å². The molecule has 2 aromatic rings. The molecule has 4 fully saturated rings. The number of hydrogen-bond donors (Lipinski definition) is 1. The maximum atomic E-state index is 14.0. The topological polar surface area (TPSA) is 134 Å². The molecule has 2 aliphatic heterocycles. The fourth-order valence-electron chi connectivity index (χ4n) is 6.22. The maximum absolute atomic E-state index is 14.0. The van der Waals surface area contributed by atoms with Gasteiger partial charge in [0.25, 0.3) is 11.8 Å². The normalized spacial score (nSPS) is 24.5. The van der Waals surface area contributed by atoms with Crippen LogP contribution in [-0.4, -0.2) is 82.4 Å². The number of ether oxygens (including phenoxy) is 1. The number of carboxylic acids is 1. The molecule has 3 heterocycles. The van der Waals surface area contributed by atoms with Crippen LogP contribution in [-0.2, 0) is 20.5 Å². The highest BCUT2D eigenvalue weighted by molar-refractivity contribution is 6.34. The number of pyridine rings is 1. The summed E-state index contributed by atoms with van der Waals surface area (Å²) in [5, 5.41) is 7.12. The summed E-state index contributed by atoms with van der Waals surface area (Å²) in [6.45, 7) is 2.89. The zero-order valence-electron chi connectivity index (χ0n) is 22.6. The number of benzene rings is 1. The van der Waals surface area contributed by atoms with Crippen LogP contribution >= 0.6 is 0 Å². The number of aliphatic carboxylic acids is 1. The van der Waals surface area contributed by atoms with Gasteiger partial charge >= 0.3 is 18.3 Å². The van der Waals surface area contributed by atoms with E-state index in [0.717, 1.165) is 19.3 Å². The van der Waals surface area contributed by atoms with Crippen molar-refractivity contribution in [1.29, 1.82) is 0 Å². The molecule has 3 saturated carbocycles. The van der Waals surface area contributed by atoms with Gasteiger partial charge in [-0.3, -0.25) is 24.1 Å². The summed E-state index contributed by atoms with van der Waals surface area (Å²) < 4.78 is 79.1. The van der Waals surface area contributed by atoms with E-state index >= 15 is 0 Å². The van der Waals surface area contributed by atoms with Gasteiger partial charge in [-0.25, -0.2) is 14.7 Å². The van der Waals surface area contributed by atoms with Crippen LogP contribution in [0.1, 0.15) is 62.3 Å². The van der Waals surface area contributed by atoms with Crippen LogP contribution in [0, 0.1) is 5.41 Å². The van der Waals surface area contributed by atoms with Gasteiger partial charge in [-0.2, -0.15) is 26.3 Å². The second-order valence-electron chi connectivity index (χ2n) is 11.0. The Balaban J connectivity index is 0.000000493. The summed E-state index contributed by atoms with van der Waals surface area (Å²) in [5.74, 6) is -6.55. The molecule has 2 bridgehead atoms. The molecule has 2 amide bonds. The van der Waals surface area contributed by atoms with Gasteiger partial charge in [0.2, 0.25) is 0 Å². The summed E-state index contributed by atoms with van der Waals surface area (Å²) in [6, 6.07) is 6.26. The third-order valence-electron chi connectivity index (χ3n) is 8.34. The van der Waals surface area contributed by atoms with E-state index in [1.807, 2.05) is 0 Å². The number of carbonyl (C=O) groups excluding carboxylic acids is 4. The molecule has 44 heavy (non-hydrogen) atoms. The Morgan fingerprint density at radius 2 is 1.45 bits per heavy atom. The summed E-state index contributed by atoms with van der Waals surface area (Å²) >= 11 is 0. The number of carboxylic acid groups (broad SMARTS) is 1. The zero-order chi connectivity index (χ0) is 32.2. The number of ketones is 2. The second kappa shape index (κ2) is 10.8. The molecule has 1 aromatic heterocycles. The van der Waals surface area contributed by atoms with E-state index in [1.165, 1.54) is 24.3 Å². The molecule has 1 saturated heterocycles. The molecule has 0 unspecified atom stereocenters. The first kappa shape index (κ1) is 31.3. The Morgan fingerprint density at radius 3 is 1.93 bits per heavy atom. The third kappa shape index (κ3) is 5.36. The summed E-state index contributed by atoms with van der Waals surface area (Å²) in [6.07, 6.45) is -7.77. The van der Waals surface area contributed by atoms with Crippen LogP contribution in [0.4, 0.5) is 32.2 Å². The van der Waals surface area contributed by atoms with Gasteiger partial charge < -0.3 is 9.84 Å². The first-order valence-electron chi connectivity index (χ1n) is 13.2. The summed E-state index contributed by atoms with van der Waals surface area (Å²) in [4.78, 5) is 66.6. The third-order valence-corrected chi connectivity index (χ3v) is 8.34. The number of hydrogen-bond acceptors (Lipinski definition) is 8. The summed E-state index contributed by atoms with van der Waals surface area (Å²) in [7, 11) is 0. The Hall–Kier alpha value is -4.18. The van der Waals surface area contributed by atoms with Crippen molar-refractivity contribution in [2.24, 2.45) is 5.41 Å². The number of aromatic nitrogens is 1. The van der Waals surface area contributed by atoms with Gasteiger partial charge in [0, 0.05) is 35.8 Å². The van der Waals surface area contributed by atoms with E-state index in [9.17, 15) is 45.5 Å². The van der Waals surface area contributed by atoms with Gasteiger partial charge in [-0.15, -0.1) is 0 Å². The lowest BCUT2D eigenvalue weighted by Crippen LogP contribution is -2.77. The maximum Gasteiger partial charge on any atom is 0.490 e. The number of amides is 2. The molecule has 1 aromatic carbocycles. The van der Waals surface area contributed by atoms with Crippen molar-refractivity contribution in [2.75, 3.05) is 31.2 Å².